The molecule has 28 heavy (non-hydrogen) atoms. The molecule has 2 aromatic rings. The van der Waals surface area contributed by atoms with Crippen LogP contribution in [0.25, 0.3) is 0 Å². The molecule has 4 atom stereocenters. The number of aliphatic carboxylic acids is 1. The SMILES string of the molecule is O=C(Nc1ccccc1F)c1ccsc1NC(=O)[C@H]1[C@H](C(=O)O)[C@H]2C=C[C@H]1C2. The third kappa shape index (κ3) is 3.20. The van der Waals surface area contributed by atoms with Crippen molar-refractivity contribution in [2.24, 2.45) is 23.7 Å². The second kappa shape index (κ2) is 7.20. The van der Waals surface area contributed by atoms with Gasteiger partial charge in [-0.05, 0) is 41.8 Å². The first kappa shape index (κ1) is 18.4. The average Bonchev–Trinajstić information content (AvgIpc) is 3.38. The molecule has 1 saturated carbocycles. The number of amides is 2. The Morgan fingerprint density at radius 3 is 2.46 bits per heavy atom. The number of para-hydroxylation sites is 1. The van der Waals surface area contributed by atoms with Crippen LogP contribution in [0.2, 0.25) is 0 Å². The van der Waals surface area contributed by atoms with Gasteiger partial charge in [-0.2, -0.15) is 0 Å². The van der Waals surface area contributed by atoms with Gasteiger partial charge in [0.15, 0.2) is 0 Å². The summed E-state index contributed by atoms with van der Waals surface area (Å²) in [5, 5.41) is 16.7. The molecule has 2 aliphatic rings. The first-order valence-corrected chi connectivity index (χ1v) is 9.69. The van der Waals surface area contributed by atoms with Crippen molar-refractivity contribution in [3.05, 3.63) is 59.2 Å². The minimum Gasteiger partial charge on any atom is -0.481 e. The van der Waals surface area contributed by atoms with Crippen LogP contribution in [0.4, 0.5) is 15.1 Å². The van der Waals surface area contributed by atoms with Crippen molar-refractivity contribution in [2.75, 3.05) is 10.6 Å². The topological polar surface area (TPSA) is 95.5 Å². The summed E-state index contributed by atoms with van der Waals surface area (Å²) in [4.78, 5) is 36.9. The highest BCUT2D eigenvalue weighted by molar-refractivity contribution is 7.14. The Kier molecular flexibility index (Phi) is 4.72. The van der Waals surface area contributed by atoms with E-state index in [1.165, 1.54) is 24.3 Å². The Morgan fingerprint density at radius 2 is 1.75 bits per heavy atom. The maximum atomic E-state index is 13.8. The van der Waals surface area contributed by atoms with Crippen molar-refractivity contribution in [3.8, 4) is 0 Å². The lowest BCUT2D eigenvalue weighted by atomic mass is 9.82. The summed E-state index contributed by atoms with van der Waals surface area (Å²) < 4.78 is 13.8. The van der Waals surface area contributed by atoms with Crippen molar-refractivity contribution in [1.29, 1.82) is 0 Å². The van der Waals surface area contributed by atoms with Crippen LogP contribution in [0.5, 0.6) is 0 Å². The van der Waals surface area contributed by atoms with E-state index in [9.17, 15) is 23.9 Å². The smallest absolute Gasteiger partial charge is 0.307 e. The molecule has 8 heteroatoms. The zero-order valence-electron chi connectivity index (χ0n) is 14.6. The third-order valence-corrected chi connectivity index (χ3v) is 6.15. The number of carboxylic acid groups (broad SMARTS) is 1. The summed E-state index contributed by atoms with van der Waals surface area (Å²) in [5.41, 5.74) is 0.243. The molecule has 0 radical (unpaired) electrons. The summed E-state index contributed by atoms with van der Waals surface area (Å²) in [6.07, 6.45) is 4.42. The van der Waals surface area contributed by atoms with Gasteiger partial charge in [-0.25, -0.2) is 4.39 Å². The van der Waals surface area contributed by atoms with Crippen LogP contribution in [0, 0.1) is 29.5 Å². The highest BCUT2D eigenvalue weighted by Crippen LogP contribution is 2.48. The number of fused-ring (bicyclic) bond motifs is 2. The number of hydrogen-bond donors (Lipinski definition) is 3. The summed E-state index contributed by atoms with van der Waals surface area (Å²) in [6.45, 7) is 0. The highest BCUT2D eigenvalue weighted by Gasteiger charge is 2.51. The summed E-state index contributed by atoms with van der Waals surface area (Å²) in [7, 11) is 0. The average molecular weight is 400 g/mol. The monoisotopic (exact) mass is 400 g/mol. The number of hydrogen-bond acceptors (Lipinski definition) is 4. The molecule has 144 valence electrons. The first-order chi connectivity index (χ1) is 13.5. The van der Waals surface area contributed by atoms with Crippen molar-refractivity contribution in [2.45, 2.75) is 6.42 Å². The first-order valence-electron chi connectivity index (χ1n) is 8.81. The van der Waals surface area contributed by atoms with Crippen LogP contribution in [-0.4, -0.2) is 22.9 Å². The second-order valence-corrected chi connectivity index (χ2v) is 7.84. The van der Waals surface area contributed by atoms with Gasteiger partial charge in [0.05, 0.1) is 23.1 Å². The van der Waals surface area contributed by atoms with Gasteiger partial charge in [0.1, 0.15) is 10.8 Å². The molecule has 3 N–H and O–H groups in total. The molecule has 2 amide bonds. The molecule has 0 unspecified atom stereocenters. The lowest BCUT2D eigenvalue weighted by molar-refractivity contribution is -0.146. The second-order valence-electron chi connectivity index (χ2n) is 6.92. The van der Waals surface area contributed by atoms with Gasteiger partial charge in [0.2, 0.25) is 5.91 Å². The zero-order valence-corrected chi connectivity index (χ0v) is 15.4. The molecule has 0 spiro atoms. The lowest BCUT2D eigenvalue weighted by Gasteiger charge is -2.23. The molecule has 4 rings (SSSR count). The molecule has 1 aromatic carbocycles. The predicted molar refractivity (Wildman–Crippen MR) is 103 cm³/mol. The van der Waals surface area contributed by atoms with Gasteiger partial charge in [-0.1, -0.05) is 24.3 Å². The van der Waals surface area contributed by atoms with Crippen LogP contribution in [0.1, 0.15) is 16.8 Å². The van der Waals surface area contributed by atoms with Crippen LogP contribution in [-0.2, 0) is 9.59 Å². The number of anilines is 2. The number of halogens is 1. The Balaban J connectivity index is 1.51. The van der Waals surface area contributed by atoms with E-state index in [4.69, 9.17) is 0 Å². The molecule has 6 nitrogen and oxygen atoms in total. The lowest BCUT2D eigenvalue weighted by Crippen LogP contribution is -2.36. The molecule has 2 bridgehead atoms. The van der Waals surface area contributed by atoms with Crippen molar-refractivity contribution in [1.82, 2.24) is 0 Å². The number of rotatable bonds is 5. The van der Waals surface area contributed by atoms with Crippen molar-refractivity contribution in [3.63, 3.8) is 0 Å². The van der Waals surface area contributed by atoms with E-state index in [2.05, 4.69) is 10.6 Å². The van der Waals surface area contributed by atoms with Gasteiger partial charge in [0, 0.05) is 0 Å². The van der Waals surface area contributed by atoms with Crippen LogP contribution >= 0.6 is 11.3 Å². The van der Waals surface area contributed by atoms with Gasteiger partial charge in [0.25, 0.3) is 5.91 Å². The standard InChI is InChI=1S/C20H17FN2O4S/c21-13-3-1-2-4-14(13)22-17(24)12-7-8-28-19(12)23-18(25)15-10-5-6-11(9-10)16(15)20(26)27/h1-8,10-11,15-16H,9H2,(H,22,24)(H,23,25)(H,26,27)/t10-,11-,15+,16+/m0/s1. The van der Waals surface area contributed by atoms with E-state index in [0.717, 1.165) is 11.3 Å². The fraction of sp³-hybridized carbons (Fsp3) is 0.250. The van der Waals surface area contributed by atoms with Gasteiger partial charge < -0.3 is 15.7 Å². The normalized spacial score (nSPS) is 24.9. The Bertz CT molecular complexity index is 986. The van der Waals surface area contributed by atoms with Gasteiger partial charge >= 0.3 is 5.97 Å². The van der Waals surface area contributed by atoms with Crippen molar-refractivity contribution < 1.29 is 23.9 Å². The van der Waals surface area contributed by atoms with E-state index in [-0.39, 0.29) is 23.1 Å². The number of carbonyl (C=O) groups excluding carboxylic acids is 2. The maximum absolute atomic E-state index is 13.8. The molecular formula is C20H17FN2O4S. The molecule has 0 saturated heterocycles. The van der Waals surface area contributed by atoms with Gasteiger partial charge in [-0.3, -0.25) is 14.4 Å². The van der Waals surface area contributed by atoms with E-state index in [1.807, 2.05) is 12.2 Å². The summed E-state index contributed by atoms with van der Waals surface area (Å²) in [5.74, 6) is -4.18. The Labute approximate surface area is 164 Å². The number of carboxylic acids is 1. The van der Waals surface area contributed by atoms with E-state index in [1.54, 1.807) is 11.4 Å². The third-order valence-electron chi connectivity index (χ3n) is 5.32. The molecule has 1 heterocycles. The molecular weight excluding hydrogens is 383 g/mol. The highest BCUT2D eigenvalue weighted by atomic mass is 32.1. The minimum atomic E-state index is -0.985. The van der Waals surface area contributed by atoms with Crippen LogP contribution < -0.4 is 10.6 Å². The summed E-state index contributed by atoms with van der Waals surface area (Å²) in [6, 6.07) is 7.33. The number of nitrogens with one attached hydrogen (secondary N) is 2. The number of thiophene rings is 1. The fourth-order valence-corrected chi connectivity index (χ4v) is 4.84. The molecule has 1 fully saturated rings. The van der Waals surface area contributed by atoms with Gasteiger partial charge in [-0.15, -0.1) is 11.3 Å². The number of carbonyl (C=O) groups is 3. The summed E-state index contributed by atoms with van der Waals surface area (Å²) >= 11 is 1.16. The number of benzene rings is 1. The predicted octanol–water partition coefficient (Wildman–Crippen LogP) is 3.60. The minimum absolute atomic E-state index is 0.0418. The largest absolute Gasteiger partial charge is 0.481 e. The molecule has 0 aliphatic heterocycles. The molecule has 2 aliphatic carbocycles. The quantitative estimate of drug-likeness (QED) is 0.668. The molecule has 1 aromatic heterocycles. The number of allylic oxidation sites excluding steroid dienone is 2. The Hall–Kier alpha value is -3.00. The fourth-order valence-electron chi connectivity index (χ4n) is 4.05. The van der Waals surface area contributed by atoms with Crippen LogP contribution in [0.15, 0.2) is 47.9 Å². The van der Waals surface area contributed by atoms with E-state index < -0.39 is 35.4 Å². The van der Waals surface area contributed by atoms with Crippen molar-refractivity contribution >= 4 is 39.8 Å². The van der Waals surface area contributed by atoms with Crippen LogP contribution in [0.3, 0.4) is 0 Å². The Morgan fingerprint density at radius 1 is 1.04 bits per heavy atom. The van der Waals surface area contributed by atoms with E-state index in [0.29, 0.717) is 11.4 Å². The zero-order chi connectivity index (χ0) is 19.8. The maximum Gasteiger partial charge on any atom is 0.307 e. The van der Waals surface area contributed by atoms with E-state index >= 15 is 0 Å².